The number of methoxy groups -OCH3 is 2. The fraction of sp³-hybridized carbons (Fsp3) is 0.172. The van der Waals surface area contributed by atoms with Gasteiger partial charge in [-0.25, -0.2) is 19.4 Å². The Hall–Kier alpha value is -5.12. The summed E-state index contributed by atoms with van der Waals surface area (Å²) in [6.45, 7) is 1.23. The van der Waals surface area contributed by atoms with Crippen molar-refractivity contribution in [1.29, 1.82) is 0 Å². The van der Waals surface area contributed by atoms with E-state index >= 15 is 0 Å². The van der Waals surface area contributed by atoms with Gasteiger partial charge in [-0.3, -0.25) is 0 Å². The minimum Gasteiger partial charge on any atom is -0.493 e. The van der Waals surface area contributed by atoms with Gasteiger partial charge in [0.1, 0.15) is 12.1 Å². The fourth-order valence-electron chi connectivity index (χ4n) is 4.23. The Labute approximate surface area is 226 Å². The lowest BCUT2D eigenvalue weighted by atomic mass is 10.1. The van der Waals surface area contributed by atoms with Crippen LogP contribution < -0.4 is 25.4 Å². The number of amides is 2. The molecule has 5 aromatic rings. The molecule has 39 heavy (non-hydrogen) atoms. The van der Waals surface area contributed by atoms with Crippen LogP contribution >= 0.6 is 0 Å². The second-order valence-electron chi connectivity index (χ2n) is 8.77. The zero-order chi connectivity index (χ0) is 27.0. The zero-order valence-corrected chi connectivity index (χ0v) is 21.7. The molecule has 3 N–H and O–H groups in total. The lowest BCUT2D eigenvalue weighted by Crippen LogP contribution is -2.19. The van der Waals surface area contributed by atoms with E-state index in [-0.39, 0.29) is 6.03 Å². The molecular weight excluding hydrogens is 494 g/mol. The number of fused-ring (bicyclic) bond motifs is 1. The van der Waals surface area contributed by atoms with E-state index in [0.717, 1.165) is 29.6 Å². The molecule has 0 fully saturated rings. The number of hydrogen-bond donors (Lipinski definition) is 3. The van der Waals surface area contributed by atoms with Crippen molar-refractivity contribution in [2.45, 2.75) is 19.5 Å². The number of anilines is 3. The Kier molecular flexibility index (Phi) is 7.82. The first-order chi connectivity index (χ1) is 19.1. The summed E-state index contributed by atoms with van der Waals surface area (Å²) in [5, 5.41) is 14.4. The molecule has 0 radical (unpaired) electrons. The number of ether oxygens (including phenoxy) is 2. The molecule has 0 bridgehead atoms. The summed E-state index contributed by atoms with van der Waals surface area (Å²) in [5.74, 6) is 1.82. The molecule has 10 heteroatoms. The Morgan fingerprint density at radius 3 is 2.41 bits per heavy atom. The predicted octanol–water partition coefficient (Wildman–Crippen LogP) is 5.34. The number of aromatic nitrogens is 4. The molecule has 2 heterocycles. The smallest absolute Gasteiger partial charge is 0.323 e. The number of rotatable bonds is 10. The molecule has 3 aromatic carbocycles. The van der Waals surface area contributed by atoms with Crippen molar-refractivity contribution in [3.63, 3.8) is 0 Å². The highest BCUT2D eigenvalue weighted by Crippen LogP contribution is 2.29. The number of nitrogens with one attached hydrogen (secondary N) is 3. The number of benzene rings is 3. The van der Waals surface area contributed by atoms with E-state index in [0.29, 0.717) is 35.2 Å². The van der Waals surface area contributed by atoms with E-state index in [9.17, 15) is 4.79 Å². The van der Waals surface area contributed by atoms with E-state index in [1.807, 2.05) is 47.1 Å². The average molecular weight is 524 g/mol. The molecule has 2 aromatic heterocycles. The van der Waals surface area contributed by atoms with Crippen LogP contribution in [0, 0.1) is 0 Å². The quantitative estimate of drug-likeness (QED) is 0.226. The number of nitrogens with zero attached hydrogens (tertiary/aromatic N) is 4. The van der Waals surface area contributed by atoms with E-state index in [1.54, 1.807) is 44.9 Å². The van der Waals surface area contributed by atoms with Crippen LogP contribution in [0.5, 0.6) is 11.5 Å². The lowest BCUT2D eigenvalue weighted by molar-refractivity contribution is 0.262. The van der Waals surface area contributed by atoms with Crippen molar-refractivity contribution in [2.75, 3.05) is 30.2 Å². The Morgan fingerprint density at radius 1 is 0.846 bits per heavy atom. The second kappa shape index (κ2) is 12.0. The molecule has 10 nitrogen and oxygen atoms in total. The van der Waals surface area contributed by atoms with Crippen LogP contribution in [-0.4, -0.2) is 40.0 Å². The van der Waals surface area contributed by atoms with Crippen LogP contribution in [-0.2, 0) is 19.5 Å². The summed E-state index contributed by atoms with van der Waals surface area (Å²) in [7, 11) is 3.11. The maximum atomic E-state index is 12.6. The second-order valence-corrected chi connectivity index (χ2v) is 8.77. The molecule has 0 unspecified atom stereocenters. The van der Waals surface area contributed by atoms with E-state index in [1.165, 1.54) is 5.56 Å². The maximum absolute atomic E-state index is 12.6. The first-order valence-electron chi connectivity index (χ1n) is 12.5. The van der Waals surface area contributed by atoms with Crippen LogP contribution in [0.3, 0.4) is 0 Å². The SMILES string of the molecule is COc1ccc(NC(=O)Nc2cccc(CNc3ncnc4c3cnn4CCc3ccccc3)c2)cc1OC. The van der Waals surface area contributed by atoms with Gasteiger partial charge in [0.25, 0.3) is 0 Å². The fourth-order valence-corrected chi connectivity index (χ4v) is 4.23. The summed E-state index contributed by atoms with van der Waals surface area (Å²) < 4.78 is 12.4. The third-order valence-electron chi connectivity index (χ3n) is 6.17. The van der Waals surface area contributed by atoms with Crippen molar-refractivity contribution in [1.82, 2.24) is 19.7 Å². The van der Waals surface area contributed by atoms with Gasteiger partial charge in [-0.05, 0) is 41.8 Å². The Bertz CT molecular complexity index is 1570. The predicted molar refractivity (Wildman–Crippen MR) is 151 cm³/mol. The van der Waals surface area contributed by atoms with Crippen LogP contribution in [0.15, 0.2) is 85.3 Å². The first-order valence-corrected chi connectivity index (χ1v) is 12.5. The molecule has 0 spiro atoms. The van der Waals surface area contributed by atoms with Crippen LogP contribution in [0.2, 0.25) is 0 Å². The minimum absolute atomic E-state index is 0.368. The molecule has 2 amide bonds. The molecule has 0 atom stereocenters. The van der Waals surface area contributed by atoms with Crippen molar-refractivity contribution in [3.05, 3.63) is 96.4 Å². The van der Waals surface area contributed by atoms with E-state index < -0.39 is 0 Å². The number of urea groups is 1. The van der Waals surface area contributed by atoms with Crippen molar-refractivity contribution >= 4 is 34.3 Å². The van der Waals surface area contributed by atoms with Gasteiger partial charge < -0.3 is 25.4 Å². The van der Waals surface area contributed by atoms with Gasteiger partial charge in [-0.2, -0.15) is 5.10 Å². The molecule has 0 saturated carbocycles. The van der Waals surface area contributed by atoms with E-state index in [2.05, 4.69) is 43.1 Å². The summed E-state index contributed by atoms with van der Waals surface area (Å²) >= 11 is 0. The van der Waals surface area contributed by atoms with Crippen LogP contribution in [0.25, 0.3) is 11.0 Å². The third kappa shape index (κ3) is 6.24. The summed E-state index contributed by atoms with van der Waals surface area (Å²) in [5.41, 5.74) is 4.25. The minimum atomic E-state index is -0.368. The van der Waals surface area contributed by atoms with Crippen LogP contribution in [0.4, 0.5) is 22.0 Å². The number of aryl methyl sites for hydroxylation is 2. The number of carbonyl (C=O) groups excluding carboxylic acids is 1. The van der Waals surface area contributed by atoms with Gasteiger partial charge in [0, 0.05) is 30.5 Å². The van der Waals surface area contributed by atoms with Crippen molar-refractivity contribution in [2.24, 2.45) is 0 Å². The Balaban J connectivity index is 1.21. The molecule has 0 saturated heterocycles. The van der Waals surface area contributed by atoms with Gasteiger partial charge in [0.15, 0.2) is 17.1 Å². The zero-order valence-electron chi connectivity index (χ0n) is 21.7. The first kappa shape index (κ1) is 25.5. The topological polar surface area (TPSA) is 115 Å². The lowest BCUT2D eigenvalue weighted by Gasteiger charge is -2.12. The highest BCUT2D eigenvalue weighted by atomic mass is 16.5. The molecule has 0 aliphatic rings. The normalized spacial score (nSPS) is 10.7. The Morgan fingerprint density at radius 2 is 1.62 bits per heavy atom. The molecule has 5 rings (SSSR count). The molecule has 0 aliphatic carbocycles. The monoisotopic (exact) mass is 523 g/mol. The van der Waals surface area contributed by atoms with Gasteiger partial charge in [-0.1, -0.05) is 42.5 Å². The highest BCUT2D eigenvalue weighted by molar-refractivity contribution is 6.00. The van der Waals surface area contributed by atoms with Gasteiger partial charge >= 0.3 is 6.03 Å². The van der Waals surface area contributed by atoms with E-state index in [4.69, 9.17) is 9.47 Å². The van der Waals surface area contributed by atoms with Gasteiger partial charge in [0.2, 0.25) is 0 Å². The highest BCUT2D eigenvalue weighted by Gasteiger charge is 2.11. The average Bonchev–Trinajstić information content (AvgIpc) is 3.39. The number of hydrogen-bond acceptors (Lipinski definition) is 7. The summed E-state index contributed by atoms with van der Waals surface area (Å²) in [6, 6.07) is 22.7. The van der Waals surface area contributed by atoms with Crippen LogP contribution in [0.1, 0.15) is 11.1 Å². The van der Waals surface area contributed by atoms with Gasteiger partial charge in [0.05, 0.1) is 25.8 Å². The largest absolute Gasteiger partial charge is 0.493 e. The standard InChI is InChI=1S/C29H29N7O3/c1-38-25-12-11-23(16-26(25)39-2)35-29(37)34-22-10-6-9-21(15-22)17-30-27-24-18-33-36(28(24)32-19-31-27)14-13-20-7-4-3-5-8-20/h3-12,15-16,18-19H,13-14,17H2,1-2H3,(H,30,31,32)(H2,34,35,37). The summed E-state index contributed by atoms with van der Waals surface area (Å²) in [6.07, 6.45) is 4.20. The van der Waals surface area contributed by atoms with Gasteiger partial charge in [-0.15, -0.1) is 0 Å². The maximum Gasteiger partial charge on any atom is 0.323 e. The third-order valence-corrected chi connectivity index (χ3v) is 6.17. The molecule has 0 aliphatic heterocycles. The van der Waals surface area contributed by atoms with Crippen molar-refractivity contribution in [3.8, 4) is 11.5 Å². The van der Waals surface area contributed by atoms with Crippen molar-refractivity contribution < 1.29 is 14.3 Å². The number of carbonyl (C=O) groups is 1. The summed E-state index contributed by atoms with van der Waals surface area (Å²) in [4.78, 5) is 21.5. The molecular formula is C29H29N7O3. The molecule has 198 valence electrons.